The van der Waals surface area contributed by atoms with Gasteiger partial charge in [0.25, 0.3) is 5.91 Å². The number of alkyl halides is 4. The van der Waals surface area contributed by atoms with Gasteiger partial charge in [-0.05, 0) is 51.1 Å². The molecule has 1 saturated heterocycles. The summed E-state index contributed by atoms with van der Waals surface area (Å²) in [4.78, 5) is 26.2. The maximum Gasteiger partial charge on any atom is 0.461 e. The summed E-state index contributed by atoms with van der Waals surface area (Å²) in [7, 11) is -3.18. The van der Waals surface area contributed by atoms with Crippen molar-refractivity contribution in [2.75, 3.05) is 11.5 Å². The molecule has 1 amide bonds. The third-order valence-electron chi connectivity index (χ3n) is 5.73. The van der Waals surface area contributed by atoms with Gasteiger partial charge in [-0.25, -0.2) is 13.2 Å². The molecule has 0 radical (unpaired) electrons. The summed E-state index contributed by atoms with van der Waals surface area (Å²) in [5, 5.41) is 2.71. The molecule has 4 rings (SSSR count). The number of hydrogen-bond acceptors (Lipinski definition) is 5. The molecule has 1 fully saturated rings. The second-order valence-electron chi connectivity index (χ2n) is 9.29. The van der Waals surface area contributed by atoms with Crippen LogP contribution in [0.2, 0.25) is 0 Å². The molecule has 0 unspecified atom stereocenters. The summed E-state index contributed by atoms with van der Waals surface area (Å²) < 4.78 is 81.8. The van der Waals surface area contributed by atoms with Gasteiger partial charge in [0.05, 0.1) is 33.8 Å². The van der Waals surface area contributed by atoms with Gasteiger partial charge in [-0.15, -0.1) is 0 Å². The van der Waals surface area contributed by atoms with Gasteiger partial charge < -0.3 is 10.1 Å². The Balaban J connectivity index is 1.76. The highest BCUT2D eigenvalue weighted by Gasteiger charge is 2.46. The Labute approximate surface area is 203 Å². The highest BCUT2D eigenvalue weighted by Crippen LogP contribution is 2.30. The minimum Gasteiger partial charge on any atom is -0.428 e. The van der Waals surface area contributed by atoms with Crippen molar-refractivity contribution in [3.8, 4) is 11.4 Å². The van der Waals surface area contributed by atoms with E-state index in [2.05, 4.69) is 10.1 Å². The van der Waals surface area contributed by atoms with E-state index in [4.69, 9.17) is 0 Å². The van der Waals surface area contributed by atoms with Gasteiger partial charge >= 0.3 is 18.2 Å². The van der Waals surface area contributed by atoms with Crippen molar-refractivity contribution in [2.24, 2.45) is 0 Å². The monoisotopic (exact) mass is 529 g/mol. The van der Waals surface area contributed by atoms with Crippen LogP contribution in [-0.4, -0.2) is 53.0 Å². The van der Waals surface area contributed by atoms with E-state index in [0.717, 1.165) is 12.1 Å². The van der Waals surface area contributed by atoms with E-state index in [9.17, 15) is 35.6 Å². The number of ether oxygens (including phenoxy) is 1. The number of nitrogens with one attached hydrogen (secondary N) is 1. The van der Waals surface area contributed by atoms with E-state index in [-0.39, 0.29) is 28.8 Å². The molecule has 3 aromatic rings. The number of nitrogens with zero attached hydrogens (tertiary/aromatic N) is 2. The highest BCUT2D eigenvalue weighted by molar-refractivity contribution is 7.93. The Hall–Kier alpha value is -3.35. The number of aromatic nitrogens is 2. The third kappa shape index (κ3) is 4.71. The fraction of sp³-hybridized carbons (Fsp3) is 0.391. The lowest BCUT2D eigenvalue weighted by atomic mass is 10.1. The SMILES string of the molecule is CC(C)n1c(=O)n(-c2cccc(OC(F)(F)C(F)F)c2)c2ccc(C(=O)NC3(C)CS(=O)(=O)C3)cc21. The lowest BCUT2D eigenvalue weighted by Gasteiger charge is -2.38. The van der Waals surface area contributed by atoms with Gasteiger partial charge in [0.1, 0.15) is 5.75 Å². The molecule has 1 aliphatic rings. The number of fused-ring (bicyclic) bond motifs is 1. The van der Waals surface area contributed by atoms with Crippen molar-refractivity contribution in [3.05, 3.63) is 58.5 Å². The molecule has 0 spiro atoms. The molecule has 36 heavy (non-hydrogen) atoms. The summed E-state index contributed by atoms with van der Waals surface area (Å²) in [6, 6.07) is 8.87. The summed E-state index contributed by atoms with van der Waals surface area (Å²) in [5.74, 6) is -1.43. The Kier molecular flexibility index (Phi) is 6.18. The molecule has 1 N–H and O–H groups in total. The van der Waals surface area contributed by atoms with Crippen molar-refractivity contribution in [3.63, 3.8) is 0 Å². The summed E-state index contributed by atoms with van der Waals surface area (Å²) in [6.45, 7) is 5.10. The molecule has 2 aromatic carbocycles. The zero-order valence-electron chi connectivity index (χ0n) is 19.5. The first kappa shape index (κ1) is 25.7. The fourth-order valence-electron chi connectivity index (χ4n) is 4.34. The highest BCUT2D eigenvalue weighted by atomic mass is 32.2. The van der Waals surface area contributed by atoms with Crippen LogP contribution in [0.25, 0.3) is 16.7 Å². The number of hydrogen-bond donors (Lipinski definition) is 1. The van der Waals surface area contributed by atoms with Crippen molar-refractivity contribution in [1.82, 2.24) is 14.5 Å². The van der Waals surface area contributed by atoms with Crippen LogP contribution >= 0.6 is 0 Å². The first-order valence-corrected chi connectivity index (χ1v) is 12.7. The van der Waals surface area contributed by atoms with Crippen molar-refractivity contribution >= 4 is 26.8 Å². The second-order valence-corrected chi connectivity index (χ2v) is 11.4. The lowest BCUT2D eigenvalue weighted by Crippen LogP contribution is -2.63. The van der Waals surface area contributed by atoms with E-state index in [0.29, 0.717) is 11.0 Å². The van der Waals surface area contributed by atoms with Gasteiger partial charge in [0.15, 0.2) is 9.84 Å². The number of halogens is 4. The number of rotatable bonds is 7. The maximum absolute atomic E-state index is 13.4. The molecule has 13 heteroatoms. The largest absolute Gasteiger partial charge is 0.461 e. The normalized spacial score (nSPS) is 16.8. The van der Waals surface area contributed by atoms with Crippen LogP contribution in [-0.2, 0) is 9.84 Å². The molecule has 194 valence electrons. The Morgan fingerprint density at radius 3 is 2.36 bits per heavy atom. The maximum atomic E-state index is 13.4. The van der Waals surface area contributed by atoms with Crippen LogP contribution in [0, 0.1) is 0 Å². The van der Waals surface area contributed by atoms with Gasteiger partial charge in [0.2, 0.25) is 0 Å². The molecule has 2 heterocycles. The zero-order chi connectivity index (χ0) is 26.6. The summed E-state index contributed by atoms with van der Waals surface area (Å²) in [6.07, 6.45) is -8.76. The summed E-state index contributed by atoms with van der Waals surface area (Å²) >= 11 is 0. The minimum atomic E-state index is -4.71. The van der Waals surface area contributed by atoms with E-state index < -0.39 is 45.3 Å². The van der Waals surface area contributed by atoms with Crippen molar-refractivity contribution < 1.29 is 35.5 Å². The zero-order valence-corrected chi connectivity index (χ0v) is 20.3. The molecule has 0 aliphatic carbocycles. The molecular formula is C23H23F4N3O5S. The van der Waals surface area contributed by atoms with E-state index >= 15 is 0 Å². The lowest BCUT2D eigenvalue weighted by molar-refractivity contribution is -0.253. The number of sulfone groups is 1. The van der Waals surface area contributed by atoms with Gasteiger partial charge in [-0.1, -0.05) is 6.07 Å². The van der Waals surface area contributed by atoms with Crippen LogP contribution in [0.4, 0.5) is 17.6 Å². The number of carbonyl (C=O) groups is 1. The Bertz CT molecular complexity index is 1500. The average Bonchev–Trinajstić information content (AvgIpc) is 3.02. The fourth-order valence-corrected chi connectivity index (χ4v) is 6.35. The van der Waals surface area contributed by atoms with Crippen molar-refractivity contribution in [1.29, 1.82) is 0 Å². The molecule has 0 bridgehead atoms. The van der Waals surface area contributed by atoms with Crippen LogP contribution in [0.15, 0.2) is 47.3 Å². The van der Waals surface area contributed by atoms with Gasteiger partial charge in [0, 0.05) is 17.7 Å². The first-order chi connectivity index (χ1) is 16.6. The molecule has 1 aromatic heterocycles. The predicted molar refractivity (Wildman–Crippen MR) is 124 cm³/mol. The molecule has 0 atom stereocenters. The number of carbonyl (C=O) groups excluding carboxylic acids is 1. The molecule has 8 nitrogen and oxygen atoms in total. The average molecular weight is 530 g/mol. The van der Waals surface area contributed by atoms with E-state index in [1.807, 2.05) is 0 Å². The van der Waals surface area contributed by atoms with Gasteiger partial charge in [-0.2, -0.15) is 17.6 Å². The number of benzene rings is 2. The van der Waals surface area contributed by atoms with Crippen LogP contribution < -0.4 is 15.7 Å². The van der Waals surface area contributed by atoms with Crippen LogP contribution in [0.5, 0.6) is 5.75 Å². The molecular weight excluding hydrogens is 506 g/mol. The van der Waals surface area contributed by atoms with Crippen LogP contribution in [0.3, 0.4) is 0 Å². The predicted octanol–water partition coefficient (Wildman–Crippen LogP) is 3.53. The smallest absolute Gasteiger partial charge is 0.428 e. The third-order valence-corrected chi connectivity index (χ3v) is 7.88. The quantitative estimate of drug-likeness (QED) is 0.472. The minimum absolute atomic E-state index is 0.0938. The molecule has 0 saturated carbocycles. The second kappa shape index (κ2) is 8.64. The standard InChI is InChI=1S/C23H23F4N3O5S/c1-13(2)29-18-9-14(19(31)28-22(3)11-36(33,34)12-22)7-8-17(18)30(21(29)32)15-5-4-6-16(10-15)35-23(26,27)20(24)25/h4-10,13,20H,11-12H2,1-3H3,(H,28,31). The van der Waals surface area contributed by atoms with Crippen LogP contribution in [0.1, 0.15) is 37.2 Å². The molecule has 1 aliphatic heterocycles. The first-order valence-electron chi connectivity index (χ1n) is 10.9. The number of amides is 1. The van der Waals surface area contributed by atoms with E-state index in [1.165, 1.54) is 39.5 Å². The summed E-state index contributed by atoms with van der Waals surface area (Å²) in [5.41, 5.74) is -0.467. The Morgan fingerprint density at radius 1 is 1.11 bits per heavy atom. The number of imidazole rings is 1. The Morgan fingerprint density at radius 2 is 1.78 bits per heavy atom. The van der Waals surface area contributed by atoms with Gasteiger partial charge in [-0.3, -0.25) is 13.9 Å². The van der Waals surface area contributed by atoms with Crippen molar-refractivity contribution in [2.45, 2.75) is 44.9 Å². The van der Waals surface area contributed by atoms with E-state index in [1.54, 1.807) is 20.8 Å². The topological polar surface area (TPSA) is 99.4 Å².